The van der Waals surface area contributed by atoms with Crippen LogP contribution < -0.4 is 10.6 Å². The van der Waals surface area contributed by atoms with Gasteiger partial charge in [-0.05, 0) is 53.1 Å². The average Bonchev–Trinajstić information content (AvgIpc) is 3.22. The van der Waals surface area contributed by atoms with Gasteiger partial charge in [-0.25, -0.2) is 0 Å². The number of nitrogens with one attached hydrogen (secondary N) is 2. The van der Waals surface area contributed by atoms with E-state index in [1.165, 1.54) is 0 Å². The minimum Gasteiger partial charge on any atom is -0.463 e. The number of thiocarbonyl (C=S) groups is 1. The van der Waals surface area contributed by atoms with Gasteiger partial charge in [0.1, 0.15) is 12.6 Å². The summed E-state index contributed by atoms with van der Waals surface area (Å²) in [6.45, 7) is 1.60. The number of carbonyl (C=O) groups is 3. The molecule has 2 aliphatic rings. The molecule has 2 saturated heterocycles. The number of amides is 2. The number of esters is 1. The fourth-order valence-electron chi connectivity index (χ4n) is 3.22. The van der Waals surface area contributed by atoms with Gasteiger partial charge < -0.3 is 19.7 Å². The maximum Gasteiger partial charge on any atom is 0.308 e. The van der Waals surface area contributed by atoms with E-state index in [0.29, 0.717) is 29.7 Å². The Labute approximate surface area is 182 Å². The lowest BCUT2D eigenvalue weighted by atomic mass is 10.1. The van der Waals surface area contributed by atoms with Crippen LogP contribution >= 0.6 is 28.1 Å². The molecule has 2 aliphatic heterocycles. The zero-order valence-corrected chi connectivity index (χ0v) is 18.1. The summed E-state index contributed by atoms with van der Waals surface area (Å²) in [5.41, 5.74) is 0.420. The van der Waals surface area contributed by atoms with Crippen molar-refractivity contribution in [3.63, 3.8) is 0 Å². The average molecular weight is 484 g/mol. The zero-order valence-electron chi connectivity index (χ0n) is 15.7. The molecule has 1 aromatic carbocycles. The molecule has 2 amide bonds. The van der Waals surface area contributed by atoms with Crippen LogP contribution in [0.4, 0.5) is 0 Å². The monoisotopic (exact) mass is 483 g/mol. The number of hydrogen-bond acceptors (Lipinski definition) is 6. The molecule has 156 valence electrons. The van der Waals surface area contributed by atoms with Crippen molar-refractivity contribution in [2.45, 2.75) is 31.4 Å². The predicted octanol–water partition coefficient (Wildman–Crippen LogP) is 1.38. The maximum atomic E-state index is 12.5. The molecule has 2 atom stereocenters. The van der Waals surface area contributed by atoms with E-state index < -0.39 is 17.9 Å². The lowest BCUT2D eigenvalue weighted by Gasteiger charge is -2.36. The standard InChI is InChI=1S/C19H22BrN3O5S/c20-14-6-2-1-5-13(14)17(25)22-19(29)23-8-7-21-18(26)15(23)10-16(24)28-11-12-4-3-9-27-12/h1-2,5-6,12,15H,3-4,7-11H2,(H,21,26)(H,22,25,29)/t12-,15-/m1/s1. The lowest BCUT2D eigenvalue weighted by Crippen LogP contribution is -2.60. The van der Waals surface area contributed by atoms with Crippen LogP contribution in [0, 0.1) is 0 Å². The number of halogens is 1. The Kier molecular flexibility index (Phi) is 7.57. The molecule has 0 unspecified atom stereocenters. The van der Waals surface area contributed by atoms with Crippen molar-refractivity contribution < 1.29 is 23.9 Å². The van der Waals surface area contributed by atoms with Crippen molar-refractivity contribution in [1.29, 1.82) is 0 Å². The van der Waals surface area contributed by atoms with Gasteiger partial charge in [0.2, 0.25) is 5.91 Å². The van der Waals surface area contributed by atoms with Crippen LogP contribution in [-0.2, 0) is 19.1 Å². The third kappa shape index (κ3) is 5.74. The summed E-state index contributed by atoms with van der Waals surface area (Å²) in [6, 6.07) is 6.10. The number of ether oxygens (including phenoxy) is 2. The van der Waals surface area contributed by atoms with Crippen molar-refractivity contribution >= 4 is 51.0 Å². The van der Waals surface area contributed by atoms with Gasteiger partial charge in [-0.1, -0.05) is 12.1 Å². The molecule has 0 aromatic heterocycles. The molecule has 2 heterocycles. The molecule has 8 nitrogen and oxygen atoms in total. The van der Waals surface area contributed by atoms with Crippen molar-refractivity contribution in [1.82, 2.24) is 15.5 Å². The first-order valence-electron chi connectivity index (χ1n) is 9.37. The summed E-state index contributed by atoms with van der Waals surface area (Å²) in [4.78, 5) is 38.7. The SMILES string of the molecule is O=C(C[C@@H]1C(=O)NCCN1C(=S)NC(=O)c1ccccc1Br)OC[C@H]1CCCO1. The first-order chi connectivity index (χ1) is 14.0. The van der Waals surface area contributed by atoms with Gasteiger partial charge >= 0.3 is 5.97 Å². The van der Waals surface area contributed by atoms with Gasteiger partial charge in [-0.2, -0.15) is 0 Å². The molecule has 2 fully saturated rings. The molecule has 10 heteroatoms. The normalized spacial score (nSPS) is 21.4. The van der Waals surface area contributed by atoms with Gasteiger partial charge in [0, 0.05) is 24.2 Å². The zero-order chi connectivity index (χ0) is 20.8. The third-order valence-corrected chi connectivity index (χ3v) is 5.77. The summed E-state index contributed by atoms with van der Waals surface area (Å²) in [6.07, 6.45) is 1.56. The van der Waals surface area contributed by atoms with Crippen molar-refractivity contribution in [3.05, 3.63) is 34.3 Å². The molecule has 0 aliphatic carbocycles. The molecule has 2 N–H and O–H groups in total. The topological polar surface area (TPSA) is 97.0 Å². The lowest BCUT2D eigenvalue weighted by molar-refractivity contribution is -0.150. The number of hydrogen-bond donors (Lipinski definition) is 2. The Bertz CT molecular complexity index is 800. The number of carbonyl (C=O) groups excluding carboxylic acids is 3. The first-order valence-corrected chi connectivity index (χ1v) is 10.6. The largest absolute Gasteiger partial charge is 0.463 e. The summed E-state index contributed by atoms with van der Waals surface area (Å²) in [5.74, 6) is -1.23. The van der Waals surface area contributed by atoms with Crippen molar-refractivity contribution in [3.8, 4) is 0 Å². The quantitative estimate of drug-likeness (QED) is 0.482. The Morgan fingerprint density at radius 3 is 2.90 bits per heavy atom. The fraction of sp³-hybridized carbons (Fsp3) is 0.474. The summed E-state index contributed by atoms with van der Waals surface area (Å²) in [7, 11) is 0. The minimum absolute atomic E-state index is 0.0834. The second-order valence-electron chi connectivity index (χ2n) is 6.76. The van der Waals surface area contributed by atoms with Gasteiger partial charge in [-0.3, -0.25) is 19.7 Å². The molecule has 3 rings (SSSR count). The molecule has 29 heavy (non-hydrogen) atoms. The summed E-state index contributed by atoms with van der Waals surface area (Å²) >= 11 is 8.68. The minimum atomic E-state index is -0.840. The Balaban J connectivity index is 1.60. The van der Waals surface area contributed by atoms with E-state index >= 15 is 0 Å². The van der Waals surface area contributed by atoms with E-state index in [4.69, 9.17) is 21.7 Å². The second-order valence-corrected chi connectivity index (χ2v) is 8.00. The van der Waals surface area contributed by atoms with Crippen molar-refractivity contribution in [2.24, 2.45) is 0 Å². The number of rotatable bonds is 5. The van der Waals surface area contributed by atoms with Gasteiger partial charge in [-0.15, -0.1) is 0 Å². The molecular formula is C19H22BrN3O5S. The van der Waals surface area contributed by atoms with Crippen LogP contribution in [0.2, 0.25) is 0 Å². The molecule has 0 spiro atoms. The molecule has 0 radical (unpaired) electrons. The Hall–Kier alpha value is -2.04. The van der Waals surface area contributed by atoms with E-state index in [2.05, 4.69) is 26.6 Å². The van der Waals surface area contributed by atoms with E-state index in [-0.39, 0.29) is 30.2 Å². The van der Waals surface area contributed by atoms with Crippen LogP contribution in [0.15, 0.2) is 28.7 Å². The smallest absolute Gasteiger partial charge is 0.308 e. The van der Waals surface area contributed by atoms with Crippen LogP contribution in [0.25, 0.3) is 0 Å². The van der Waals surface area contributed by atoms with Crippen LogP contribution in [0.3, 0.4) is 0 Å². The summed E-state index contributed by atoms with van der Waals surface area (Å²) in [5, 5.41) is 5.46. The summed E-state index contributed by atoms with van der Waals surface area (Å²) < 4.78 is 11.3. The predicted molar refractivity (Wildman–Crippen MR) is 112 cm³/mol. The number of nitrogens with zero attached hydrogens (tertiary/aromatic N) is 1. The second kappa shape index (κ2) is 10.1. The van der Waals surface area contributed by atoms with Gasteiger partial charge in [0.05, 0.1) is 18.1 Å². The Morgan fingerprint density at radius 1 is 1.38 bits per heavy atom. The number of piperazine rings is 1. The maximum absolute atomic E-state index is 12.5. The highest BCUT2D eigenvalue weighted by Crippen LogP contribution is 2.17. The molecular weight excluding hydrogens is 462 g/mol. The van der Waals surface area contributed by atoms with Crippen LogP contribution in [0.1, 0.15) is 29.6 Å². The van der Waals surface area contributed by atoms with Gasteiger partial charge in [0.25, 0.3) is 5.91 Å². The van der Waals surface area contributed by atoms with Crippen molar-refractivity contribution in [2.75, 3.05) is 26.3 Å². The number of benzene rings is 1. The van der Waals surface area contributed by atoms with Gasteiger partial charge in [0.15, 0.2) is 5.11 Å². The molecule has 1 aromatic rings. The van der Waals surface area contributed by atoms with E-state index in [0.717, 1.165) is 12.8 Å². The van der Waals surface area contributed by atoms with E-state index in [1.807, 2.05) is 0 Å². The highest BCUT2D eigenvalue weighted by Gasteiger charge is 2.34. The van der Waals surface area contributed by atoms with E-state index in [9.17, 15) is 14.4 Å². The fourth-order valence-corrected chi connectivity index (χ4v) is 4.00. The highest BCUT2D eigenvalue weighted by atomic mass is 79.9. The third-order valence-electron chi connectivity index (χ3n) is 4.74. The highest BCUT2D eigenvalue weighted by molar-refractivity contribution is 9.10. The van der Waals surface area contributed by atoms with Crippen LogP contribution in [0.5, 0.6) is 0 Å². The molecule has 0 bridgehead atoms. The Morgan fingerprint density at radius 2 is 2.17 bits per heavy atom. The molecule has 0 saturated carbocycles. The first kappa shape index (κ1) is 21.7. The van der Waals surface area contributed by atoms with E-state index in [1.54, 1.807) is 29.2 Å². The van der Waals surface area contributed by atoms with Crippen LogP contribution in [-0.4, -0.2) is 66.2 Å².